The maximum absolute atomic E-state index is 12.8. The average molecular weight is 199 g/mol. The van der Waals surface area contributed by atoms with Gasteiger partial charge in [0.2, 0.25) is 5.28 Å². The van der Waals surface area contributed by atoms with E-state index in [1.807, 2.05) is 11.5 Å². The summed E-state index contributed by atoms with van der Waals surface area (Å²) in [6.45, 7) is 2.71. The van der Waals surface area contributed by atoms with Gasteiger partial charge in [0.15, 0.2) is 0 Å². The highest BCUT2D eigenvalue weighted by atomic mass is 35.5. The van der Waals surface area contributed by atoms with Gasteiger partial charge in [0.25, 0.3) is 0 Å². The Hall–Kier alpha value is -1.09. The summed E-state index contributed by atoms with van der Waals surface area (Å²) in [4.78, 5) is 4.03. The lowest BCUT2D eigenvalue weighted by Gasteiger charge is -1.99. The van der Waals surface area contributed by atoms with Crippen LogP contribution < -0.4 is 0 Å². The van der Waals surface area contributed by atoms with Crippen molar-refractivity contribution >= 4 is 22.6 Å². The lowest BCUT2D eigenvalue weighted by Crippen LogP contribution is -1.92. The fourth-order valence-electron chi connectivity index (χ4n) is 1.37. The van der Waals surface area contributed by atoms with Gasteiger partial charge in [-0.2, -0.15) is 0 Å². The van der Waals surface area contributed by atoms with E-state index in [-0.39, 0.29) is 5.82 Å². The molecule has 1 heterocycles. The van der Waals surface area contributed by atoms with E-state index in [0.29, 0.717) is 10.8 Å². The Kier molecular flexibility index (Phi) is 1.96. The molecule has 1 aromatic carbocycles. The minimum absolute atomic E-state index is 0.287. The molecule has 1 aromatic heterocycles. The second kappa shape index (κ2) is 3.00. The summed E-state index contributed by atoms with van der Waals surface area (Å²) in [5.74, 6) is -0.287. The minimum Gasteiger partial charge on any atom is -0.315 e. The third-order valence-electron chi connectivity index (χ3n) is 1.98. The lowest BCUT2D eigenvalue weighted by molar-refractivity contribution is 0.629. The molecule has 0 amide bonds. The van der Waals surface area contributed by atoms with Gasteiger partial charge >= 0.3 is 0 Å². The number of rotatable bonds is 1. The first-order chi connectivity index (χ1) is 6.22. The van der Waals surface area contributed by atoms with Gasteiger partial charge in [0.05, 0.1) is 11.0 Å². The van der Waals surface area contributed by atoms with Gasteiger partial charge < -0.3 is 4.57 Å². The summed E-state index contributed by atoms with van der Waals surface area (Å²) >= 11 is 5.85. The molecule has 0 N–H and O–H groups in total. The molecule has 13 heavy (non-hydrogen) atoms. The number of aryl methyl sites for hydroxylation is 1. The van der Waals surface area contributed by atoms with Crippen LogP contribution in [0.1, 0.15) is 6.92 Å². The molecule has 0 saturated heterocycles. The second-order valence-corrected chi connectivity index (χ2v) is 3.10. The van der Waals surface area contributed by atoms with Gasteiger partial charge in [0, 0.05) is 12.6 Å². The van der Waals surface area contributed by atoms with Crippen LogP contribution in [0.3, 0.4) is 0 Å². The highest BCUT2D eigenvalue weighted by Gasteiger charge is 2.07. The molecule has 0 atom stereocenters. The highest BCUT2D eigenvalue weighted by molar-refractivity contribution is 6.29. The third-order valence-corrected chi connectivity index (χ3v) is 2.27. The van der Waals surface area contributed by atoms with Crippen LogP contribution in [0.25, 0.3) is 11.0 Å². The number of nitrogens with zero attached hydrogens (tertiary/aromatic N) is 2. The normalized spacial score (nSPS) is 11.0. The Morgan fingerprint density at radius 2 is 2.31 bits per heavy atom. The zero-order chi connectivity index (χ0) is 9.42. The van der Waals surface area contributed by atoms with E-state index >= 15 is 0 Å². The van der Waals surface area contributed by atoms with Crippen molar-refractivity contribution in [2.45, 2.75) is 13.5 Å². The fraction of sp³-hybridized carbons (Fsp3) is 0.222. The Morgan fingerprint density at radius 3 is 3.00 bits per heavy atom. The molecule has 0 spiro atoms. The van der Waals surface area contributed by atoms with Crippen molar-refractivity contribution in [1.29, 1.82) is 0 Å². The molecular formula is C9H8ClFN2. The topological polar surface area (TPSA) is 17.8 Å². The molecule has 0 aliphatic carbocycles. The molecular weight excluding hydrogens is 191 g/mol. The summed E-state index contributed by atoms with van der Waals surface area (Å²) < 4.78 is 14.6. The summed E-state index contributed by atoms with van der Waals surface area (Å²) in [5.41, 5.74) is 1.47. The average Bonchev–Trinajstić information content (AvgIpc) is 2.39. The lowest BCUT2D eigenvalue weighted by atomic mass is 10.3. The molecule has 4 heteroatoms. The molecule has 0 radical (unpaired) electrons. The first kappa shape index (κ1) is 8.51. The Bertz CT molecular complexity index is 450. The maximum Gasteiger partial charge on any atom is 0.203 e. The van der Waals surface area contributed by atoms with Crippen molar-refractivity contribution in [3.05, 3.63) is 29.3 Å². The van der Waals surface area contributed by atoms with Crippen LogP contribution in [0.2, 0.25) is 5.28 Å². The van der Waals surface area contributed by atoms with Crippen molar-refractivity contribution in [3.63, 3.8) is 0 Å². The summed E-state index contributed by atoms with van der Waals surface area (Å²) in [5, 5.41) is 0.406. The number of imidazole rings is 1. The second-order valence-electron chi connectivity index (χ2n) is 2.76. The zero-order valence-corrected chi connectivity index (χ0v) is 7.85. The third kappa shape index (κ3) is 1.29. The number of hydrogen-bond donors (Lipinski definition) is 0. The van der Waals surface area contributed by atoms with Crippen LogP contribution in [-0.4, -0.2) is 9.55 Å². The van der Waals surface area contributed by atoms with E-state index in [0.717, 1.165) is 12.1 Å². The Labute approximate surface area is 80.0 Å². The molecule has 2 rings (SSSR count). The first-order valence-corrected chi connectivity index (χ1v) is 4.41. The molecule has 0 bridgehead atoms. The van der Waals surface area contributed by atoms with Crippen LogP contribution in [0.5, 0.6) is 0 Å². The Balaban J connectivity index is 2.79. The van der Waals surface area contributed by atoms with Gasteiger partial charge in [0.1, 0.15) is 5.82 Å². The van der Waals surface area contributed by atoms with Crippen LogP contribution in [0, 0.1) is 5.82 Å². The molecule has 2 aromatic rings. The first-order valence-electron chi connectivity index (χ1n) is 4.03. The van der Waals surface area contributed by atoms with Gasteiger partial charge in [-0.25, -0.2) is 9.37 Å². The van der Waals surface area contributed by atoms with Gasteiger partial charge in [-0.15, -0.1) is 0 Å². The van der Waals surface area contributed by atoms with Crippen molar-refractivity contribution in [3.8, 4) is 0 Å². The number of aromatic nitrogens is 2. The summed E-state index contributed by atoms with van der Waals surface area (Å²) in [6, 6.07) is 4.48. The van der Waals surface area contributed by atoms with Gasteiger partial charge in [-0.3, -0.25) is 0 Å². The number of hydrogen-bond acceptors (Lipinski definition) is 1. The summed E-state index contributed by atoms with van der Waals surface area (Å²) in [6.07, 6.45) is 0. The van der Waals surface area contributed by atoms with Crippen molar-refractivity contribution in [2.75, 3.05) is 0 Å². The quantitative estimate of drug-likeness (QED) is 0.689. The van der Waals surface area contributed by atoms with Crippen LogP contribution >= 0.6 is 11.6 Å². The van der Waals surface area contributed by atoms with E-state index in [1.165, 1.54) is 12.1 Å². The largest absolute Gasteiger partial charge is 0.315 e. The molecule has 0 aliphatic rings. The molecule has 0 unspecified atom stereocenters. The van der Waals surface area contributed by atoms with Gasteiger partial charge in [-0.05, 0) is 30.7 Å². The smallest absolute Gasteiger partial charge is 0.203 e. The summed E-state index contributed by atoms with van der Waals surface area (Å²) in [7, 11) is 0. The standard InChI is InChI=1S/C9H8ClFN2/c1-2-13-8-4-3-6(11)5-7(8)12-9(13)10/h3-5H,2H2,1H3. The SMILES string of the molecule is CCn1c(Cl)nc2cc(F)ccc21. The highest BCUT2D eigenvalue weighted by Crippen LogP contribution is 2.20. The molecule has 0 saturated carbocycles. The Morgan fingerprint density at radius 1 is 1.54 bits per heavy atom. The number of fused-ring (bicyclic) bond motifs is 1. The zero-order valence-electron chi connectivity index (χ0n) is 7.09. The van der Waals surface area contributed by atoms with E-state index in [2.05, 4.69) is 4.98 Å². The molecule has 2 nitrogen and oxygen atoms in total. The van der Waals surface area contributed by atoms with Crippen LogP contribution in [0.4, 0.5) is 4.39 Å². The molecule has 68 valence electrons. The van der Waals surface area contributed by atoms with Crippen molar-refractivity contribution in [2.24, 2.45) is 0 Å². The van der Waals surface area contributed by atoms with Crippen LogP contribution in [-0.2, 0) is 6.54 Å². The van der Waals surface area contributed by atoms with E-state index in [4.69, 9.17) is 11.6 Å². The van der Waals surface area contributed by atoms with Crippen molar-refractivity contribution in [1.82, 2.24) is 9.55 Å². The van der Waals surface area contributed by atoms with E-state index in [1.54, 1.807) is 6.07 Å². The van der Waals surface area contributed by atoms with Gasteiger partial charge in [-0.1, -0.05) is 0 Å². The maximum atomic E-state index is 12.8. The predicted octanol–water partition coefficient (Wildman–Crippen LogP) is 2.85. The van der Waals surface area contributed by atoms with Crippen molar-refractivity contribution < 1.29 is 4.39 Å². The predicted molar refractivity (Wildman–Crippen MR) is 50.4 cm³/mol. The van der Waals surface area contributed by atoms with Crippen LogP contribution in [0.15, 0.2) is 18.2 Å². The monoisotopic (exact) mass is 198 g/mol. The minimum atomic E-state index is -0.287. The number of benzene rings is 1. The molecule has 0 fully saturated rings. The molecule has 0 aliphatic heterocycles. The van der Waals surface area contributed by atoms with E-state index in [9.17, 15) is 4.39 Å². The fourth-order valence-corrected chi connectivity index (χ4v) is 1.68. The number of halogens is 2. The van der Waals surface area contributed by atoms with E-state index < -0.39 is 0 Å².